The normalized spacial score (nSPS) is 10.7. The predicted octanol–water partition coefficient (Wildman–Crippen LogP) is 1.13. The fourth-order valence-corrected chi connectivity index (χ4v) is 2.28. The van der Waals surface area contributed by atoms with Crippen LogP contribution >= 0.6 is 0 Å². The van der Waals surface area contributed by atoms with Crippen LogP contribution in [-0.4, -0.2) is 37.5 Å². The maximum absolute atomic E-state index is 14.0. The zero-order chi connectivity index (χ0) is 20.1. The van der Waals surface area contributed by atoms with E-state index in [-0.39, 0.29) is 24.7 Å². The summed E-state index contributed by atoms with van der Waals surface area (Å²) in [5.41, 5.74) is -1.30. The van der Waals surface area contributed by atoms with Crippen molar-refractivity contribution in [2.24, 2.45) is 0 Å². The molecule has 2 aromatic carbocycles. The average Bonchev–Trinajstić information content (AvgIpc) is 2.63. The number of halogens is 4. The lowest BCUT2D eigenvalue weighted by molar-refractivity contribution is 0.313. The fourth-order valence-electron chi connectivity index (χ4n) is 2.28. The number of ether oxygens (including phenoxy) is 2. The van der Waals surface area contributed by atoms with Gasteiger partial charge in [-0.15, -0.1) is 0 Å². The van der Waals surface area contributed by atoms with Crippen LogP contribution in [0, 0.1) is 23.3 Å². The van der Waals surface area contributed by atoms with Gasteiger partial charge in [0, 0.05) is 10.9 Å². The van der Waals surface area contributed by atoms with E-state index in [1.54, 1.807) is 13.8 Å². The molecule has 0 unspecified atom stereocenters. The number of benzene rings is 2. The summed E-state index contributed by atoms with van der Waals surface area (Å²) >= 11 is 0. The van der Waals surface area contributed by atoms with Crippen molar-refractivity contribution in [3.8, 4) is 11.5 Å². The van der Waals surface area contributed by atoms with E-state index in [9.17, 15) is 27.6 Å². The smallest absolute Gasteiger partial charge is 0.480 e. The molecule has 0 amide bonds. The molecule has 0 spiro atoms. The average molecular weight is 386 g/mol. The van der Waals surface area contributed by atoms with Crippen LogP contribution in [0.3, 0.4) is 0 Å². The predicted molar refractivity (Wildman–Crippen MR) is 91.4 cm³/mol. The molecule has 0 fully saturated rings. The van der Waals surface area contributed by atoms with Crippen molar-refractivity contribution in [1.82, 2.24) is 0 Å². The lowest BCUT2D eigenvalue weighted by atomic mass is 9.70. The minimum Gasteiger partial charge on any atom is -0.491 e. The van der Waals surface area contributed by atoms with E-state index in [0.29, 0.717) is 0 Å². The van der Waals surface area contributed by atoms with E-state index in [0.717, 1.165) is 24.3 Å². The Morgan fingerprint density at radius 3 is 1.41 bits per heavy atom. The third-order valence-electron chi connectivity index (χ3n) is 3.54. The quantitative estimate of drug-likeness (QED) is 0.526. The summed E-state index contributed by atoms with van der Waals surface area (Å²) < 4.78 is 70.2. The van der Waals surface area contributed by atoms with Crippen molar-refractivity contribution in [1.29, 1.82) is 0 Å². The molecule has 2 aromatic rings. The fraction of sp³-hybridized carbons (Fsp3) is 0.250. The summed E-state index contributed by atoms with van der Waals surface area (Å²) in [4.78, 5) is 0. The van der Waals surface area contributed by atoms with Gasteiger partial charge in [0.05, 0.1) is 13.2 Å². The number of hydrogen-bond acceptors (Lipinski definition) is 5. The van der Waals surface area contributed by atoms with Crippen molar-refractivity contribution in [3.63, 3.8) is 0 Å². The lowest BCUT2D eigenvalue weighted by Crippen LogP contribution is -2.47. The van der Waals surface area contributed by atoms with E-state index in [4.69, 9.17) is 14.0 Å². The van der Waals surface area contributed by atoms with Crippen LogP contribution in [0.15, 0.2) is 24.3 Å². The zero-order valence-electron chi connectivity index (χ0n) is 14.5. The largest absolute Gasteiger partial charge is 0.491 e. The third-order valence-corrected chi connectivity index (χ3v) is 3.54. The molecular formula is C16H16B2F4O5. The molecule has 0 saturated heterocycles. The Balaban J connectivity index is 2.22. The van der Waals surface area contributed by atoms with Gasteiger partial charge in [-0.1, -0.05) is 12.1 Å². The van der Waals surface area contributed by atoms with Crippen molar-refractivity contribution in [2.45, 2.75) is 13.8 Å². The molecule has 2 rings (SSSR count). The molecule has 0 saturated carbocycles. The molecule has 0 aliphatic rings. The van der Waals surface area contributed by atoms with E-state index >= 15 is 0 Å². The molecule has 27 heavy (non-hydrogen) atoms. The maximum Gasteiger partial charge on any atom is 0.480 e. The maximum atomic E-state index is 14.0. The topological polar surface area (TPSA) is 68.2 Å². The van der Waals surface area contributed by atoms with Crippen LogP contribution < -0.4 is 20.4 Å². The van der Waals surface area contributed by atoms with Gasteiger partial charge in [-0.2, -0.15) is 8.78 Å². The molecule has 0 heterocycles. The van der Waals surface area contributed by atoms with Gasteiger partial charge in [0.15, 0.2) is 34.8 Å². The van der Waals surface area contributed by atoms with E-state index in [1.165, 1.54) is 0 Å². The standard InChI is InChI=1S/C16H16B2F4O5/c1-3-25-11-7-5-9(13(19)15(11)21)17(23)27-18(24)10-6-8-12(26-4-2)16(22)14(10)20/h5-8,23-24H,3-4H2,1-2H3. The van der Waals surface area contributed by atoms with Gasteiger partial charge < -0.3 is 24.1 Å². The Bertz CT molecular complexity index is 743. The zero-order valence-corrected chi connectivity index (χ0v) is 14.5. The van der Waals surface area contributed by atoms with Crippen LogP contribution in [0.25, 0.3) is 0 Å². The SMILES string of the molecule is CCOc1ccc(B(O)OB(O)c2ccc(OCC)c(F)c2F)c(F)c1F. The highest BCUT2D eigenvalue weighted by molar-refractivity contribution is 6.73. The van der Waals surface area contributed by atoms with Gasteiger partial charge in [0.2, 0.25) is 0 Å². The molecule has 144 valence electrons. The minimum atomic E-state index is -2.15. The Morgan fingerprint density at radius 2 is 1.07 bits per heavy atom. The van der Waals surface area contributed by atoms with Crippen molar-refractivity contribution in [2.75, 3.05) is 13.2 Å². The first-order valence-electron chi connectivity index (χ1n) is 8.04. The first-order chi connectivity index (χ1) is 12.8. The van der Waals surface area contributed by atoms with Crippen LogP contribution in [0.2, 0.25) is 0 Å². The summed E-state index contributed by atoms with van der Waals surface area (Å²) in [5.74, 6) is -6.37. The molecule has 0 radical (unpaired) electrons. The van der Waals surface area contributed by atoms with Gasteiger partial charge in [-0.25, -0.2) is 8.78 Å². The molecule has 5 nitrogen and oxygen atoms in total. The minimum absolute atomic E-state index is 0.0933. The third kappa shape index (κ3) is 4.55. The Morgan fingerprint density at radius 1 is 0.704 bits per heavy atom. The van der Waals surface area contributed by atoms with Crippen molar-refractivity contribution in [3.05, 3.63) is 47.5 Å². The second-order valence-corrected chi connectivity index (χ2v) is 5.27. The van der Waals surface area contributed by atoms with Gasteiger partial charge in [0.1, 0.15) is 0 Å². The number of hydrogen-bond donors (Lipinski definition) is 2. The summed E-state index contributed by atoms with van der Waals surface area (Å²) in [6.07, 6.45) is 0. The van der Waals surface area contributed by atoms with Crippen LogP contribution in [0.5, 0.6) is 11.5 Å². The lowest BCUT2D eigenvalue weighted by Gasteiger charge is -2.15. The second kappa shape index (κ2) is 9.12. The molecule has 0 aliphatic carbocycles. The molecule has 0 aliphatic heterocycles. The van der Waals surface area contributed by atoms with Crippen LogP contribution in [0.4, 0.5) is 17.6 Å². The second-order valence-electron chi connectivity index (χ2n) is 5.27. The Kier molecular flexibility index (Phi) is 7.11. The highest BCUT2D eigenvalue weighted by Crippen LogP contribution is 2.20. The van der Waals surface area contributed by atoms with E-state index in [2.05, 4.69) is 0 Å². The first kappa shape index (κ1) is 21.1. The highest BCUT2D eigenvalue weighted by atomic mass is 19.2. The summed E-state index contributed by atoms with van der Waals surface area (Å²) in [6.45, 7) is 3.33. The summed E-state index contributed by atoms with van der Waals surface area (Å²) in [5, 5.41) is 19.8. The Hall–Kier alpha value is -2.23. The van der Waals surface area contributed by atoms with Gasteiger partial charge in [0.25, 0.3) is 0 Å². The van der Waals surface area contributed by atoms with E-state index in [1.807, 2.05) is 0 Å². The van der Waals surface area contributed by atoms with E-state index < -0.39 is 48.4 Å². The Labute approximate surface area is 153 Å². The molecule has 0 aromatic heterocycles. The monoisotopic (exact) mass is 386 g/mol. The van der Waals surface area contributed by atoms with Gasteiger partial charge in [-0.3, -0.25) is 0 Å². The molecular weight excluding hydrogens is 370 g/mol. The van der Waals surface area contributed by atoms with Crippen molar-refractivity contribution >= 4 is 25.2 Å². The summed E-state index contributed by atoms with van der Waals surface area (Å²) in [7, 11) is -4.31. The first-order valence-corrected chi connectivity index (χ1v) is 8.04. The highest BCUT2D eigenvalue weighted by Gasteiger charge is 2.33. The molecule has 2 N–H and O–H groups in total. The van der Waals surface area contributed by atoms with Crippen LogP contribution in [-0.2, 0) is 4.57 Å². The molecule has 0 bridgehead atoms. The van der Waals surface area contributed by atoms with Crippen molar-refractivity contribution < 1.29 is 41.7 Å². The number of rotatable bonds is 8. The van der Waals surface area contributed by atoms with Gasteiger partial charge in [-0.05, 0) is 26.0 Å². The van der Waals surface area contributed by atoms with Crippen LogP contribution in [0.1, 0.15) is 13.8 Å². The van der Waals surface area contributed by atoms with Gasteiger partial charge >= 0.3 is 14.2 Å². The molecule has 0 atom stereocenters. The molecule has 11 heteroatoms. The summed E-state index contributed by atoms with van der Waals surface area (Å²) in [6, 6.07) is 4.09.